The molecule has 0 saturated carbocycles. The summed E-state index contributed by atoms with van der Waals surface area (Å²) in [5.41, 5.74) is -1.31. The largest absolute Gasteiger partial charge is 0.469 e. The minimum Gasteiger partial charge on any atom is -0.469 e. The van der Waals surface area contributed by atoms with Gasteiger partial charge in [0, 0.05) is 6.42 Å². The first-order valence-corrected chi connectivity index (χ1v) is 5.66. The first kappa shape index (κ1) is 12.3. The van der Waals surface area contributed by atoms with Gasteiger partial charge in [0.05, 0.1) is 6.26 Å². The van der Waals surface area contributed by atoms with Gasteiger partial charge < -0.3 is 4.42 Å². The minimum absolute atomic E-state index is 0.128. The molecule has 1 aliphatic rings. The molecule has 0 radical (unpaired) electrons. The maximum Gasteiger partial charge on any atom is 0.328 e. The third-order valence-electron chi connectivity index (χ3n) is 3.28. The molecule has 1 fully saturated rings. The van der Waals surface area contributed by atoms with Gasteiger partial charge in [-0.15, -0.1) is 0 Å². The van der Waals surface area contributed by atoms with Crippen LogP contribution in [-0.4, -0.2) is 17.8 Å². The Kier molecular flexibility index (Phi) is 2.94. The van der Waals surface area contributed by atoms with Crippen LogP contribution in [0, 0.1) is 11.3 Å². The Bertz CT molecular complexity index is 470. The van der Waals surface area contributed by atoms with E-state index in [1.807, 2.05) is 0 Å². The van der Waals surface area contributed by atoms with Crippen LogP contribution in [0.15, 0.2) is 22.8 Å². The van der Waals surface area contributed by atoms with Crippen LogP contribution in [0.3, 0.4) is 0 Å². The van der Waals surface area contributed by atoms with Crippen molar-refractivity contribution in [3.63, 3.8) is 0 Å². The summed E-state index contributed by atoms with van der Waals surface area (Å²) in [7, 11) is 0. The van der Waals surface area contributed by atoms with Crippen LogP contribution >= 0.6 is 0 Å². The van der Waals surface area contributed by atoms with Crippen molar-refractivity contribution in [1.29, 1.82) is 0 Å². The highest BCUT2D eigenvalue weighted by molar-refractivity contribution is 6.19. The second kappa shape index (κ2) is 4.29. The summed E-state index contributed by atoms with van der Waals surface area (Å²) in [5, 5.41) is 4.29. The molecule has 6 nitrogen and oxygen atoms in total. The maximum absolute atomic E-state index is 12.1. The number of nitrogens with one attached hydrogen (secondary N) is 2. The number of amides is 4. The number of furan rings is 1. The second-order valence-corrected chi connectivity index (χ2v) is 4.62. The first-order valence-electron chi connectivity index (χ1n) is 5.66. The lowest BCUT2D eigenvalue weighted by molar-refractivity contribution is -0.147. The van der Waals surface area contributed by atoms with Gasteiger partial charge in [0.25, 0.3) is 0 Å². The van der Waals surface area contributed by atoms with E-state index in [-0.39, 0.29) is 12.3 Å². The van der Waals surface area contributed by atoms with E-state index in [4.69, 9.17) is 4.42 Å². The Morgan fingerprint density at radius 1 is 1.22 bits per heavy atom. The van der Waals surface area contributed by atoms with Gasteiger partial charge in [0.1, 0.15) is 11.2 Å². The Morgan fingerprint density at radius 3 is 2.28 bits per heavy atom. The molecule has 0 bridgehead atoms. The van der Waals surface area contributed by atoms with Crippen LogP contribution < -0.4 is 10.6 Å². The van der Waals surface area contributed by atoms with Gasteiger partial charge in [0.2, 0.25) is 11.8 Å². The van der Waals surface area contributed by atoms with E-state index < -0.39 is 23.3 Å². The summed E-state index contributed by atoms with van der Waals surface area (Å²) < 4.78 is 5.19. The molecule has 0 aliphatic carbocycles. The molecule has 0 spiro atoms. The zero-order chi connectivity index (χ0) is 13.3. The highest BCUT2D eigenvalue weighted by atomic mass is 16.3. The van der Waals surface area contributed by atoms with Crippen LogP contribution in [0.1, 0.15) is 19.6 Å². The molecular formula is C12H14N2O4. The van der Waals surface area contributed by atoms with Gasteiger partial charge in [-0.2, -0.15) is 0 Å². The van der Waals surface area contributed by atoms with Crippen LogP contribution in [-0.2, 0) is 16.0 Å². The fourth-order valence-corrected chi connectivity index (χ4v) is 2.14. The monoisotopic (exact) mass is 250 g/mol. The molecule has 2 heterocycles. The normalized spacial score (nSPS) is 18.7. The minimum atomic E-state index is -1.31. The summed E-state index contributed by atoms with van der Waals surface area (Å²) in [5.74, 6) is -0.899. The number of carbonyl (C=O) groups is 3. The zero-order valence-corrected chi connectivity index (χ0v) is 10.1. The molecule has 96 valence electrons. The fraction of sp³-hybridized carbons (Fsp3) is 0.417. The third kappa shape index (κ3) is 1.79. The van der Waals surface area contributed by atoms with E-state index in [2.05, 4.69) is 10.6 Å². The topological polar surface area (TPSA) is 88.4 Å². The van der Waals surface area contributed by atoms with Gasteiger partial charge in [-0.3, -0.25) is 20.2 Å². The zero-order valence-electron chi connectivity index (χ0n) is 10.1. The smallest absolute Gasteiger partial charge is 0.328 e. The average Bonchev–Trinajstić information content (AvgIpc) is 2.75. The predicted molar refractivity (Wildman–Crippen MR) is 61.4 cm³/mol. The first-order chi connectivity index (χ1) is 8.46. The summed E-state index contributed by atoms with van der Waals surface area (Å²) in [6.45, 7) is 3.52. The van der Waals surface area contributed by atoms with Crippen molar-refractivity contribution >= 4 is 17.8 Å². The van der Waals surface area contributed by atoms with Gasteiger partial charge in [-0.1, -0.05) is 13.8 Å². The number of carbonyl (C=O) groups excluding carboxylic acids is 3. The van der Waals surface area contributed by atoms with Crippen molar-refractivity contribution in [2.75, 3.05) is 0 Å². The van der Waals surface area contributed by atoms with Crippen molar-refractivity contribution in [3.05, 3.63) is 24.2 Å². The molecule has 1 saturated heterocycles. The van der Waals surface area contributed by atoms with E-state index in [1.54, 1.807) is 26.0 Å². The molecule has 18 heavy (non-hydrogen) atoms. The molecule has 0 unspecified atom stereocenters. The number of barbiturate groups is 1. The van der Waals surface area contributed by atoms with E-state index >= 15 is 0 Å². The Hall–Kier alpha value is -2.11. The lowest BCUT2D eigenvalue weighted by atomic mass is 9.71. The number of hydrogen-bond donors (Lipinski definition) is 2. The molecule has 2 N–H and O–H groups in total. The Labute approximate surface area is 104 Å². The SMILES string of the molecule is CC(C)C1(Cc2ccco2)C(=O)NC(=O)NC1=O. The molecule has 2 rings (SSSR count). The van der Waals surface area contributed by atoms with Crippen LogP contribution in [0.4, 0.5) is 4.79 Å². The predicted octanol–water partition coefficient (Wildman–Crippen LogP) is 0.830. The number of hydrogen-bond acceptors (Lipinski definition) is 4. The summed E-state index contributed by atoms with van der Waals surface area (Å²) in [4.78, 5) is 35.3. The maximum atomic E-state index is 12.1. The van der Waals surface area contributed by atoms with E-state index in [0.29, 0.717) is 5.76 Å². The Morgan fingerprint density at radius 2 is 1.83 bits per heavy atom. The molecule has 0 aromatic carbocycles. The number of urea groups is 1. The molecule has 4 amide bonds. The van der Waals surface area contributed by atoms with Crippen LogP contribution in [0.25, 0.3) is 0 Å². The van der Waals surface area contributed by atoms with Gasteiger partial charge in [-0.25, -0.2) is 4.79 Å². The summed E-state index contributed by atoms with van der Waals surface area (Å²) >= 11 is 0. The van der Waals surface area contributed by atoms with Crippen LogP contribution in [0.2, 0.25) is 0 Å². The van der Waals surface area contributed by atoms with Crippen molar-refractivity contribution in [2.45, 2.75) is 20.3 Å². The number of imide groups is 2. The highest BCUT2D eigenvalue weighted by Crippen LogP contribution is 2.34. The lowest BCUT2D eigenvalue weighted by Gasteiger charge is -2.36. The van der Waals surface area contributed by atoms with Gasteiger partial charge >= 0.3 is 6.03 Å². The highest BCUT2D eigenvalue weighted by Gasteiger charge is 2.53. The quantitative estimate of drug-likeness (QED) is 0.778. The van der Waals surface area contributed by atoms with Gasteiger partial charge in [0.15, 0.2) is 0 Å². The van der Waals surface area contributed by atoms with E-state index in [0.717, 1.165) is 0 Å². The van der Waals surface area contributed by atoms with Crippen molar-refractivity contribution < 1.29 is 18.8 Å². The molecule has 6 heteroatoms. The fourth-order valence-electron chi connectivity index (χ4n) is 2.14. The van der Waals surface area contributed by atoms with Crippen molar-refractivity contribution in [2.24, 2.45) is 11.3 Å². The average molecular weight is 250 g/mol. The Balaban J connectivity index is 2.39. The van der Waals surface area contributed by atoms with Gasteiger partial charge in [-0.05, 0) is 18.1 Å². The molecular weight excluding hydrogens is 236 g/mol. The van der Waals surface area contributed by atoms with E-state index in [9.17, 15) is 14.4 Å². The van der Waals surface area contributed by atoms with Crippen molar-refractivity contribution in [3.8, 4) is 0 Å². The standard InChI is InChI=1S/C12H14N2O4/c1-7(2)12(6-8-4-3-5-18-8)9(15)13-11(17)14-10(12)16/h3-5,7H,6H2,1-2H3,(H2,13,14,15,16,17). The number of rotatable bonds is 3. The third-order valence-corrected chi connectivity index (χ3v) is 3.28. The molecule has 1 aromatic heterocycles. The lowest BCUT2D eigenvalue weighted by Crippen LogP contribution is -2.65. The molecule has 0 atom stereocenters. The van der Waals surface area contributed by atoms with Crippen LogP contribution in [0.5, 0.6) is 0 Å². The molecule has 1 aromatic rings. The summed E-state index contributed by atoms with van der Waals surface area (Å²) in [6, 6.07) is 2.61. The molecule has 1 aliphatic heterocycles. The summed E-state index contributed by atoms with van der Waals surface area (Å²) in [6.07, 6.45) is 1.61. The second-order valence-electron chi connectivity index (χ2n) is 4.62. The van der Waals surface area contributed by atoms with E-state index in [1.165, 1.54) is 6.26 Å². The van der Waals surface area contributed by atoms with Crippen molar-refractivity contribution in [1.82, 2.24) is 10.6 Å².